The van der Waals surface area contributed by atoms with Gasteiger partial charge in [0, 0.05) is 12.4 Å². The van der Waals surface area contributed by atoms with Gasteiger partial charge in [-0.25, -0.2) is 9.98 Å². The summed E-state index contributed by atoms with van der Waals surface area (Å²) in [5.74, 6) is 1.64. The van der Waals surface area contributed by atoms with Gasteiger partial charge >= 0.3 is 0 Å². The summed E-state index contributed by atoms with van der Waals surface area (Å²) in [7, 11) is -1.12. The van der Waals surface area contributed by atoms with Crippen LogP contribution in [0.3, 0.4) is 0 Å². The molecule has 1 aromatic carbocycles. The lowest BCUT2D eigenvalue weighted by Gasteiger charge is -2.11. The largest absolute Gasteiger partial charge is 0.546 e. The van der Waals surface area contributed by atoms with Crippen molar-refractivity contribution in [1.82, 2.24) is 9.97 Å². The van der Waals surface area contributed by atoms with Gasteiger partial charge in [-0.1, -0.05) is 12.1 Å². The number of aromatic nitrogens is 2. The van der Waals surface area contributed by atoms with E-state index in [0.29, 0.717) is 0 Å². The number of hydrogen-bond donors (Lipinski definition) is 1. The fraction of sp³-hybridized carbons (Fsp3) is 0.231. The topological polar surface area (TPSA) is 50.3 Å². The van der Waals surface area contributed by atoms with E-state index < -0.39 is 9.04 Å². The molecule has 1 heterocycles. The van der Waals surface area contributed by atoms with E-state index >= 15 is 0 Å². The Morgan fingerprint density at radius 3 is 2.78 bits per heavy atom. The first-order chi connectivity index (χ1) is 8.66. The first-order valence-corrected chi connectivity index (χ1v) is 8.75. The molecule has 0 fully saturated rings. The highest BCUT2D eigenvalue weighted by Gasteiger charge is 2.06. The predicted octanol–water partition coefficient (Wildman–Crippen LogP) is 2.91. The molecule has 18 heavy (non-hydrogen) atoms. The first kappa shape index (κ1) is 12.6. The van der Waals surface area contributed by atoms with Crippen molar-refractivity contribution < 1.29 is 4.43 Å². The molecule has 0 aliphatic rings. The zero-order valence-corrected chi connectivity index (χ0v) is 12.0. The van der Waals surface area contributed by atoms with E-state index in [1.165, 1.54) is 0 Å². The maximum atomic E-state index is 5.86. The lowest BCUT2D eigenvalue weighted by atomic mass is 10.3. The Morgan fingerprint density at radius 2 is 2.11 bits per heavy atom. The third-order valence-corrected chi connectivity index (χ3v) is 3.08. The molecule has 1 N–H and O–H groups in total. The number of rotatable bonds is 4. The molecule has 0 unspecified atom stereocenters. The highest BCUT2D eigenvalue weighted by molar-refractivity contribution is 6.49. The van der Waals surface area contributed by atoms with Gasteiger partial charge in [-0.05, 0) is 32.2 Å². The zero-order chi connectivity index (χ0) is 13.0. The van der Waals surface area contributed by atoms with Gasteiger partial charge in [0.05, 0.1) is 5.71 Å². The SMILES string of the molecule is CC(=Nc1ccccc1O[SiH](C)C)c1ncc[nH]1. The Labute approximate surface area is 108 Å². The van der Waals surface area contributed by atoms with Crippen molar-refractivity contribution in [2.75, 3.05) is 0 Å². The molecule has 0 atom stereocenters. The van der Waals surface area contributed by atoms with Crippen LogP contribution < -0.4 is 4.43 Å². The van der Waals surface area contributed by atoms with Gasteiger partial charge in [0.2, 0.25) is 9.04 Å². The summed E-state index contributed by atoms with van der Waals surface area (Å²) in [5, 5.41) is 0. The fourth-order valence-corrected chi connectivity index (χ4v) is 2.31. The summed E-state index contributed by atoms with van der Waals surface area (Å²) in [5.41, 5.74) is 1.70. The number of H-pyrrole nitrogens is 1. The number of imidazole rings is 1. The van der Waals surface area contributed by atoms with Gasteiger partial charge in [0.1, 0.15) is 11.4 Å². The molecule has 0 aliphatic carbocycles. The Kier molecular flexibility index (Phi) is 3.94. The molecule has 5 heteroatoms. The van der Waals surface area contributed by atoms with Gasteiger partial charge in [0.15, 0.2) is 5.82 Å². The molecule has 2 aromatic rings. The number of nitrogens with one attached hydrogen (secondary N) is 1. The van der Waals surface area contributed by atoms with Crippen LogP contribution in [0.1, 0.15) is 12.7 Å². The van der Waals surface area contributed by atoms with Crippen LogP contribution in [0.15, 0.2) is 41.7 Å². The minimum atomic E-state index is -1.12. The molecule has 0 bridgehead atoms. The second-order valence-electron chi connectivity index (χ2n) is 4.27. The molecular weight excluding hydrogens is 242 g/mol. The number of hydrogen-bond acceptors (Lipinski definition) is 3. The minimum Gasteiger partial charge on any atom is -0.546 e. The lowest BCUT2D eigenvalue weighted by Crippen LogP contribution is -2.11. The Balaban J connectivity index is 2.31. The van der Waals surface area contributed by atoms with Crippen LogP contribution in [0, 0.1) is 0 Å². The Morgan fingerprint density at radius 1 is 1.33 bits per heavy atom. The van der Waals surface area contributed by atoms with Gasteiger partial charge in [-0.15, -0.1) is 0 Å². The number of aliphatic imine (C=N–C) groups is 1. The number of benzene rings is 1. The Bertz CT molecular complexity index is 535. The molecular formula is C13H17N3OSi. The zero-order valence-electron chi connectivity index (χ0n) is 10.8. The van der Waals surface area contributed by atoms with Crippen molar-refractivity contribution in [2.45, 2.75) is 20.0 Å². The Hall–Kier alpha value is -1.88. The molecule has 0 spiro atoms. The normalized spacial score (nSPS) is 11.9. The van der Waals surface area contributed by atoms with Crippen LogP contribution >= 0.6 is 0 Å². The number of para-hydroxylation sites is 2. The molecule has 0 saturated heterocycles. The van der Waals surface area contributed by atoms with Crippen LogP contribution in [0.4, 0.5) is 5.69 Å². The van der Waals surface area contributed by atoms with Crippen LogP contribution in [0.25, 0.3) is 0 Å². The summed E-state index contributed by atoms with van der Waals surface area (Å²) in [6, 6.07) is 7.84. The van der Waals surface area contributed by atoms with Crippen molar-refractivity contribution in [2.24, 2.45) is 4.99 Å². The van der Waals surface area contributed by atoms with Gasteiger partial charge in [-0.3, -0.25) is 0 Å². The first-order valence-electron chi connectivity index (χ1n) is 5.97. The third kappa shape index (κ3) is 3.07. The molecule has 2 rings (SSSR count). The second-order valence-corrected chi connectivity index (χ2v) is 6.60. The van der Waals surface area contributed by atoms with Gasteiger partial charge in [-0.2, -0.15) is 0 Å². The lowest BCUT2D eigenvalue weighted by molar-refractivity contribution is 0.582. The highest BCUT2D eigenvalue weighted by Crippen LogP contribution is 2.27. The monoisotopic (exact) mass is 259 g/mol. The minimum absolute atomic E-state index is 0.784. The average Bonchev–Trinajstić information content (AvgIpc) is 2.84. The van der Waals surface area contributed by atoms with Crippen molar-refractivity contribution in [3.05, 3.63) is 42.5 Å². The summed E-state index contributed by atoms with van der Waals surface area (Å²) in [4.78, 5) is 11.8. The third-order valence-electron chi connectivity index (χ3n) is 2.36. The van der Waals surface area contributed by atoms with E-state index in [0.717, 1.165) is 23.0 Å². The van der Waals surface area contributed by atoms with Crippen LogP contribution in [-0.2, 0) is 0 Å². The van der Waals surface area contributed by atoms with E-state index in [9.17, 15) is 0 Å². The highest BCUT2D eigenvalue weighted by atomic mass is 28.3. The van der Waals surface area contributed by atoms with E-state index in [1.54, 1.807) is 12.4 Å². The van der Waals surface area contributed by atoms with E-state index in [-0.39, 0.29) is 0 Å². The summed E-state index contributed by atoms with van der Waals surface area (Å²) < 4.78 is 5.86. The summed E-state index contributed by atoms with van der Waals surface area (Å²) >= 11 is 0. The molecule has 4 nitrogen and oxygen atoms in total. The summed E-state index contributed by atoms with van der Waals surface area (Å²) in [6.07, 6.45) is 3.51. The molecule has 0 aliphatic heterocycles. The van der Waals surface area contributed by atoms with Gasteiger partial charge in [0.25, 0.3) is 0 Å². The predicted molar refractivity (Wildman–Crippen MR) is 76.4 cm³/mol. The quantitative estimate of drug-likeness (QED) is 0.678. The van der Waals surface area contributed by atoms with Crippen molar-refractivity contribution in [3.63, 3.8) is 0 Å². The fourth-order valence-electron chi connectivity index (χ4n) is 1.60. The maximum absolute atomic E-state index is 5.86. The smallest absolute Gasteiger partial charge is 0.229 e. The number of nitrogens with zero attached hydrogens (tertiary/aromatic N) is 2. The molecule has 0 saturated carbocycles. The molecule has 0 radical (unpaired) electrons. The molecule has 1 aromatic heterocycles. The number of aromatic amines is 1. The van der Waals surface area contributed by atoms with Gasteiger partial charge < -0.3 is 9.41 Å². The van der Waals surface area contributed by atoms with Crippen molar-refractivity contribution in [3.8, 4) is 5.75 Å². The van der Waals surface area contributed by atoms with Crippen molar-refractivity contribution in [1.29, 1.82) is 0 Å². The molecule has 94 valence electrons. The van der Waals surface area contributed by atoms with Crippen LogP contribution in [0.5, 0.6) is 5.75 Å². The average molecular weight is 259 g/mol. The standard InChI is InChI=1S/C13H17N3OSi/c1-10(13-14-8-9-15-13)16-11-6-4-5-7-12(11)17-18(2)3/h4-9,18H,1-3H3,(H,14,15). The van der Waals surface area contributed by atoms with Crippen LogP contribution in [-0.4, -0.2) is 24.7 Å². The molecule has 0 amide bonds. The summed E-state index contributed by atoms with van der Waals surface area (Å²) in [6.45, 7) is 6.21. The van der Waals surface area contributed by atoms with Crippen LogP contribution in [0.2, 0.25) is 13.1 Å². The second kappa shape index (κ2) is 5.64. The van der Waals surface area contributed by atoms with E-state index in [2.05, 4.69) is 28.1 Å². The maximum Gasteiger partial charge on any atom is 0.229 e. The van der Waals surface area contributed by atoms with E-state index in [4.69, 9.17) is 4.43 Å². The van der Waals surface area contributed by atoms with E-state index in [1.807, 2.05) is 31.2 Å². The van der Waals surface area contributed by atoms with Crippen molar-refractivity contribution >= 4 is 20.4 Å².